The third-order valence-electron chi connectivity index (χ3n) is 4.74. The van der Waals surface area contributed by atoms with Crippen molar-refractivity contribution >= 4 is 28.2 Å². The van der Waals surface area contributed by atoms with Gasteiger partial charge in [0.2, 0.25) is 0 Å². The van der Waals surface area contributed by atoms with Crippen LogP contribution in [0.15, 0.2) is 28.7 Å². The summed E-state index contributed by atoms with van der Waals surface area (Å²) < 4.78 is 17.2. The highest BCUT2D eigenvalue weighted by Crippen LogP contribution is 2.26. The molecule has 1 aliphatic carbocycles. The standard InChI is InChI=1S/C19H20BrFN2/c1-19(2)9-14-7-16-12-22(5-6-23(16)18(14)10-19)11-13-3-4-15(20)8-17(13)21/h3-4,7-8,10,12H,5-6,9,11H2,1-2H3. The van der Waals surface area contributed by atoms with Crippen LogP contribution in [0.2, 0.25) is 0 Å². The van der Waals surface area contributed by atoms with Crippen molar-refractivity contribution in [3.63, 3.8) is 0 Å². The van der Waals surface area contributed by atoms with Crippen LogP contribution in [0.5, 0.6) is 0 Å². The lowest BCUT2D eigenvalue weighted by molar-refractivity contribution is 0.352. The zero-order valence-corrected chi connectivity index (χ0v) is 15.0. The molecule has 0 saturated heterocycles. The van der Waals surface area contributed by atoms with E-state index in [9.17, 15) is 4.39 Å². The molecular weight excluding hydrogens is 355 g/mol. The summed E-state index contributed by atoms with van der Waals surface area (Å²) >= 11 is 3.31. The Kier molecular flexibility index (Phi) is 3.41. The summed E-state index contributed by atoms with van der Waals surface area (Å²) in [5.74, 6) is -0.147. The number of aromatic nitrogens is 1. The smallest absolute Gasteiger partial charge is 0.129 e. The maximum atomic E-state index is 14.0. The monoisotopic (exact) mass is 374 g/mol. The third-order valence-corrected chi connectivity index (χ3v) is 5.23. The van der Waals surface area contributed by atoms with Crippen LogP contribution in [-0.2, 0) is 19.5 Å². The van der Waals surface area contributed by atoms with Gasteiger partial charge in [0.15, 0.2) is 0 Å². The minimum Gasteiger partial charge on any atom is -0.369 e. The first-order chi connectivity index (χ1) is 10.9. The molecule has 0 atom stereocenters. The lowest BCUT2D eigenvalue weighted by Crippen LogP contribution is -2.38. The number of nitrogens with zero attached hydrogens (tertiary/aromatic N) is 2. The van der Waals surface area contributed by atoms with E-state index in [1.54, 1.807) is 0 Å². The zero-order chi connectivity index (χ0) is 16.2. The number of benzene rings is 1. The van der Waals surface area contributed by atoms with Gasteiger partial charge in [-0.15, -0.1) is 0 Å². The predicted molar refractivity (Wildman–Crippen MR) is 94.6 cm³/mol. The lowest BCUT2D eigenvalue weighted by Gasteiger charge is -2.25. The molecule has 2 aliphatic rings. The Balaban J connectivity index is 1.66. The van der Waals surface area contributed by atoms with Gasteiger partial charge in [0.25, 0.3) is 0 Å². The van der Waals surface area contributed by atoms with E-state index in [1.165, 1.54) is 22.3 Å². The molecule has 0 N–H and O–H groups in total. The molecule has 1 aromatic heterocycles. The first kappa shape index (κ1) is 15.0. The van der Waals surface area contributed by atoms with Crippen molar-refractivity contribution in [2.24, 2.45) is 5.41 Å². The molecule has 23 heavy (non-hydrogen) atoms. The molecule has 4 heteroatoms. The van der Waals surface area contributed by atoms with E-state index < -0.39 is 0 Å². The van der Waals surface area contributed by atoms with E-state index in [1.807, 2.05) is 12.1 Å². The number of fused-ring (bicyclic) bond motifs is 3. The number of rotatable bonds is 2. The average Bonchev–Trinajstić information content (AvgIpc) is 2.93. The van der Waals surface area contributed by atoms with Crippen LogP contribution >= 0.6 is 15.9 Å². The van der Waals surface area contributed by atoms with E-state index >= 15 is 0 Å². The fourth-order valence-corrected chi connectivity index (χ4v) is 4.03. The summed E-state index contributed by atoms with van der Waals surface area (Å²) in [5, 5.41) is 2.63. The average molecular weight is 375 g/mol. The highest BCUT2D eigenvalue weighted by molar-refractivity contribution is 9.10. The fraction of sp³-hybridized carbons (Fsp3) is 0.368. The second kappa shape index (κ2) is 5.23. The van der Waals surface area contributed by atoms with Gasteiger partial charge in [-0.2, -0.15) is 0 Å². The molecule has 0 bridgehead atoms. The molecular formula is C19H20BrFN2. The highest BCUT2D eigenvalue weighted by Gasteiger charge is 2.25. The molecule has 2 nitrogen and oxygen atoms in total. The number of hydrogen-bond donors (Lipinski definition) is 0. The first-order valence-electron chi connectivity index (χ1n) is 8.02. The summed E-state index contributed by atoms with van der Waals surface area (Å²) in [4.78, 5) is 2.21. The van der Waals surface area contributed by atoms with E-state index in [0.29, 0.717) is 6.54 Å². The van der Waals surface area contributed by atoms with Gasteiger partial charge in [-0.25, -0.2) is 4.39 Å². The summed E-state index contributed by atoms with van der Waals surface area (Å²) in [5.41, 5.74) is 2.45. The minimum atomic E-state index is -0.147. The fourth-order valence-electron chi connectivity index (χ4n) is 3.70. The Morgan fingerprint density at radius 1 is 1.22 bits per heavy atom. The molecule has 0 unspecified atom stereocenters. The molecule has 0 fully saturated rings. The van der Waals surface area contributed by atoms with Gasteiger partial charge < -0.3 is 9.47 Å². The molecule has 0 spiro atoms. The van der Waals surface area contributed by atoms with Gasteiger partial charge in [-0.3, -0.25) is 0 Å². The van der Waals surface area contributed by atoms with Crippen LogP contribution in [0.25, 0.3) is 12.3 Å². The van der Waals surface area contributed by atoms with Gasteiger partial charge in [0.05, 0.1) is 5.35 Å². The van der Waals surface area contributed by atoms with Crippen LogP contribution in [0.3, 0.4) is 0 Å². The van der Waals surface area contributed by atoms with Crippen molar-refractivity contribution in [2.75, 3.05) is 6.54 Å². The van der Waals surface area contributed by atoms with Crippen LogP contribution in [0.1, 0.15) is 25.0 Å². The van der Waals surface area contributed by atoms with Crippen molar-refractivity contribution in [3.8, 4) is 0 Å². The third kappa shape index (κ3) is 2.74. The molecule has 1 aliphatic heterocycles. The normalized spacial score (nSPS) is 18.2. The van der Waals surface area contributed by atoms with Crippen molar-refractivity contribution in [1.29, 1.82) is 0 Å². The number of halogens is 2. The van der Waals surface area contributed by atoms with Gasteiger partial charge in [0.1, 0.15) is 5.82 Å². The van der Waals surface area contributed by atoms with Crippen LogP contribution < -0.4 is 10.7 Å². The zero-order valence-electron chi connectivity index (χ0n) is 13.4. The maximum absolute atomic E-state index is 14.0. The van der Waals surface area contributed by atoms with Gasteiger partial charge in [0, 0.05) is 41.2 Å². The first-order valence-corrected chi connectivity index (χ1v) is 8.82. The van der Waals surface area contributed by atoms with Crippen molar-refractivity contribution < 1.29 is 4.39 Å². The van der Waals surface area contributed by atoms with Gasteiger partial charge in [-0.05, 0) is 35.6 Å². The summed E-state index contributed by atoms with van der Waals surface area (Å²) in [6.45, 7) is 7.07. The van der Waals surface area contributed by atoms with Gasteiger partial charge in [-0.1, -0.05) is 41.9 Å². The quantitative estimate of drug-likeness (QED) is 0.784. The largest absolute Gasteiger partial charge is 0.369 e. The molecule has 2 aromatic rings. The maximum Gasteiger partial charge on any atom is 0.129 e. The Labute approximate surface area is 144 Å². The molecule has 1 aromatic carbocycles. The van der Waals surface area contributed by atoms with Crippen LogP contribution in [0.4, 0.5) is 4.39 Å². The van der Waals surface area contributed by atoms with Gasteiger partial charge >= 0.3 is 0 Å². The molecule has 0 saturated carbocycles. The molecule has 2 heterocycles. The van der Waals surface area contributed by atoms with Crippen molar-refractivity contribution in [2.45, 2.75) is 33.4 Å². The van der Waals surface area contributed by atoms with E-state index in [0.717, 1.165) is 29.5 Å². The molecule has 4 rings (SSSR count). The topological polar surface area (TPSA) is 8.17 Å². The van der Waals surface area contributed by atoms with Crippen LogP contribution in [-0.4, -0.2) is 16.0 Å². The second-order valence-corrected chi connectivity index (χ2v) is 8.19. The molecule has 0 radical (unpaired) electrons. The minimum absolute atomic E-state index is 0.147. The Bertz CT molecular complexity index is 895. The van der Waals surface area contributed by atoms with Crippen LogP contribution in [0, 0.1) is 11.2 Å². The Hall–Kier alpha value is -1.55. The molecule has 0 amide bonds. The van der Waals surface area contributed by atoms with E-state index in [2.05, 4.69) is 57.6 Å². The summed E-state index contributed by atoms with van der Waals surface area (Å²) in [6, 6.07) is 7.59. The van der Waals surface area contributed by atoms with E-state index in [-0.39, 0.29) is 11.2 Å². The summed E-state index contributed by atoms with van der Waals surface area (Å²) in [6.07, 6.45) is 5.67. The molecule has 120 valence electrons. The Morgan fingerprint density at radius 2 is 2.04 bits per heavy atom. The highest BCUT2D eigenvalue weighted by atomic mass is 79.9. The second-order valence-electron chi connectivity index (χ2n) is 7.28. The van der Waals surface area contributed by atoms with Crippen molar-refractivity contribution in [1.82, 2.24) is 9.47 Å². The SMILES string of the molecule is CC1(C)C=c2c(cc3n2CCN(Cc2ccc(Br)cc2F)C=3)C1. The van der Waals surface area contributed by atoms with E-state index in [4.69, 9.17) is 0 Å². The summed E-state index contributed by atoms with van der Waals surface area (Å²) in [7, 11) is 0. The predicted octanol–water partition coefficient (Wildman–Crippen LogP) is 3.01. The number of hydrogen-bond acceptors (Lipinski definition) is 1. The lowest BCUT2D eigenvalue weighted by atomic mass is 9.92. The van der Waals surface area contributed by atoms with Crippen molar-refractivity contribution in [3.05, 3.63) is 56.4 Å². The Morgan fingerprint density at radius 3 is 2.83 bits per heavy atom.